The summed E-state index contributed by atoms with van der Waals surface area (Å²) in [5.41, 5.74) is 1.84. The van der Waals surface area contributed by atoms with Crippen LogP contribution in [0.25, 0.3) is 11.0 Å². The molecular weight excluding hydrogens is 298 g/mol. The highest BCUT2D eigenvalue weighted by molar-refractivity contribution is 7.12. The third kappa shape index (κ3) is 3.21. The van der Waals surface area contributed by atoms with Gasteiger partial charge in [-0.3, -0.25) is 4.79 Å². The standard InChI is InChI=1S/C17H17NO3S/c1-11-8-16(22-10-11)17(20)18-7-6-13(19)15-9-12-4-2-3-5-14(12)21-15/h2-5,8-10,13,19H,6-7H2,1H3,(H,18,20)/t13-/m0/s1. The summed E-state index contributed by atoms with van der Waals surface area (Å²) in [7, 11) is 0. The molecule has 1 aromatic carbocycles. The summed E-state index contributed by atoms with van der Waals surface area (Å²) in [6, 6.07) is 11.3. The Morgan fingerprint density at radius 2 is 2.18 bits per heavy atom. The van der Waals surface area contributed by atoms with Crippen LogP contribution in [0.3, 0.4) is 0 Å². The molecule has 3 rings (SSSR count). The van der Waals surface area contributed by atoms with Gasteiger partial charge in [0.05, 0.1) is 4.88 Å². The topological polar surface area (TPSA) is 62.5 Å². The van der Waals surface area contributed by atoms with Gasteiger partial charge in [-0.05, 0) is 42.5 Å². The van der Waals surface area contributed by atoms with Gasteiger partial charge >= 0.3 is 0 Å². The number of amides is 1. The third-order valence-corrected chi connectivity index (χ3v) is 4.48. The third-order valence-electron chi connectivity index (χ3n) is 3.43. The van der Waals surface area contributed by atoms with Crippen LogP contribution in [0, 0.1) is 6.92 Å². The Balaban J connectivity index is 1.55. The van der Waals surface area contributed by atoms with E-state index in [0.29, 0.717) is 23.6 Å². The average molecular weight is 315 g/mol. The van der Waals surface area contributed by atoms with E-state index in [-0.39, 0.29) is 5.91 Å². The molecule has 0 bridgehead atoms. The second-order valence-corrected chi connectivity index (χ2v) is 6.15. The number of aliphatic hydroxyl groups excluding tert-OH is 1. The van der Waals surface area contributed by atoms with Crippen LogP contribution in [0.15, 0.2) is 46.2 Å². The molecule has 0 saturated heterocycles. The smallest absolute Gasteiger partial charge is 0.261 e. The summed E-state index contributed by atoms with van der Waals surface area (Å²) in [5, 5.41) is 15.9. The zero-order valence-electron chi connectivity index (χ0n) is 12.2. The summed E-state index contributed by atoms with van der Waals surface area (Å²) in [6.45, 7) is 2.35. The van der Waals surface area contributed by atoms with Gasteiger partial charge in [0, 0.05) is 11.9 Å². The molecule has 0 fully saturated rings. The first kappa shape index (κ1) is 14.8. The zero-order chi connectivity index (χ0) is 15.5. The number of nitrogens with one attached hydrogen (secondary N) is 1. The van der Waals surface area contributed by atoms with Crippen LogP contribution < -0.4 is 5.32 Å². The van der Waals surface area contributed by atoms with E-state index in [2.05, 4.69) is 5.32 Å². The van der Waals surface area contributed by atoms with Gasteiger partial charge in [0.1, 0.15) is 17.4 Å². The maximum Gasteiger partial charge on any atom is 0.261 e. The van der Waals surface area contributed by atoms with Gasteiger partial charge < -0.3 is 14.8 Å². The van der Waals surface area contributed by atoms with Gasteiger partial charge in [-0.15, -0.1) is 11.3 Å². The second kappa shape index (κ2) is 6.34. The summed E-state index contributed by atoms with van der Waals surface area (Å²) < 4.78 is 5.61. The number of aliphatic hydroxyl groups is 1. The van der Waals surface area contributed by atoms with Gasteiger partial charge in [-0.2, -0.15) is 0 Å². The molecule has 0 spiro atoms. The first-order valence-electron chi connectivity index (χ1n) is 7.13. The summed E-state index contributed by atoms with van der Waals surface area (Å²) in [5.74, 6) is 0.428. The highest BCUT2D eigenvalue weighted by atomic mass is 32.1. The van der Waals surface area contributed by atoms with Crippen LogP contribution in [0.2, 0.25) is 0 Å². The van der Waals surface area contributed by atoms with E-state index >= 15 is 0 Å². The number of furan rings is 1. The number of hydrogen-bond acceptors (Lipinski definition) is 4. The lowest BCUT2D eigenvalue weighted by Gasteiger charge is -2.08. The normalized spacial score (nSPS) is 12.5. The van der Waals surface area contributed by atoms with Crippen LogP contribution in [0.1, 0.15) is 33.5 Å². The largest absolute Gasteiger partial charge is 0.458 e. The van der Waals surface area contributed by atoms with Crippen LogP contribution in [0.4, 0.5) is 0 Å². The van der Waals surface area contributed by atoms with Gasteiger partial charge in [0.15, 0.2) is 0 Å². The SMILES string of the molecule is Cc1csc(C(=O)NCC[C@H](O)c2cc3ccccc3o2)c1. The fraction of sp³-hybridized carbons (Fsp3) is 0.235. The summed E-state index contributed by atoms with van der Waals surface area (Å²) in [4.78, 5) is 12.6. The Kier molecular flexibility index (Phi) is 4.27. The molecule has 0 aliphatic carbocycles. The molecule has 4 nitrogen and oxygen atoms in total. The number of carbonyl (C=O) groups excluding carboxylic acids is 1. The fourth-order valence-electron chi connectivity index (χ4n) is 2.27. The van der Waals surface area contributed by atoms with E-state index in [0.717, 1.165) is 16.5 Å². The Morgan fingerprint density at radius 1 is 1.36 bits per heavy atom. The quantitative estimate of drug-likeness (QED) is 0.755. The van der Waals surface area contributed by atoms with Gasteiger partial charge in [-0.25, -0.2) is 0 Å². The van der Waals surface area contributed by atoms with Crippen molar-refractivity contribution in [2.45, 2.75) is 19.4 Å². The molecule has 2 N–H and O–H groups in total. The van der Waals surface area contributed by atoms with Crippen molar-refractivity contribution in [2.75, 3.05) is 6.54 Å². The molecular formula is C17H17NO3S. The van der Waals surface area contributed by atoms with E-state index in [4.69, 9.17) is 4.42 Å². The van der Waals surface area contributed by atoms with Crippen molar-refractivity contribution in [3.05, 3.63) is 58.0 Å². The van der Waals surface area contributed by atoms with Crippen molar-refractivity contribution in [3.8, 4) is 0 Å². The summed E-state index contributed by atoms with van der Waals surface area (Å²) in [6.07, 6.45) is -0.312. The Labute approximate surface area is 132 Å². The number of aryl methyl sites for hydroxylation is 1. The van der Waals surface area contributed by atoms with Crippen LogP contribution in [0.5, 0.6) is 0 Å². The minimum absolute atomic E-state index is 0.102. The Morgan fingerprint density at radius 3 is 2.91 bits per heavy atom. The molecule has 0 aliphatic rings. The lowest BCUT2D eigenvalue weighted by atomic mass is 10.2. The average Bonchev–Trinajstić information content (AvgIpc) is 3.12. The van der Waals surface area contributed by atoms with Crippen LogP contribution in [-0.2, 0) is 0 Å². The molecule has 22 heavy (non-hydrogen) atoms. The molecule has 0 aliphatic heterocycles. The molecule has 2 aromatic heterocycles. The molecule has 0 saturated carbocycles. The molecule has 5 heteroatoms. The minimum Gasteiger partial charge on any atom is -0.458 e. The Hall–Kier alpha value is -2.11. The first-order chi connectivity index (χ1) is 10.6. The number of carbonyl (C=O) groups is 1. The molecule has 2 heterocycles. The van der Waals surface area contributed by atoms with Crippen LogP contribution in [-0.4, -0.2) is 17.6 Å². The number of fused-ring (bicyclic) bond motifs is 1. The number of hydrogen-bond donors (Lipinski definition) is 2. The lowest BCUT2D eigenvalue weighted by molar-refractivity contribution is 0.0940. The highest BCUT2D eigenvalue weighted by Gasteiger charge is 2.14. The molecule has 0 unspecified atom stereocenters. The van der Waals surface area contributed by atoms with Crippen molar-refractivity contribution in [1.29, 1.82) is 0 Å². The number of para-hydroxylation sites is 1. The monoisotopic (exact) mass is 315 g/mol. The minimum atomic E-state index is -0.724. The van der Waals surface area contributed by atoms with E-state index in [1.165, 1.54) is 11.3 Å². The molecule has 1 amide bonds. The molecule has 114 valence electrons. The van der Waals surface area contributed by atoms with Crippen molar-refractivity contribution in [3.63, 3.8) is 0 Å². The molecule has 1 atom stereocenters. The number of benzene rings is 1. The second-order valence-electron chi connectivity index (χ2n) is 5.24. The van der Waals surface area contributed by atoms with E-state index in [1.807, 2.05) is 48.7 Å². The van der Waals surface area contributed by atoms with Gasteiger partial charge in [0.2, 0.25) is 0 Å². The lowest BCUT2D eigenvalue weighted by Crippen LogP contribution is -2.24. The van der Waals surface area contributed by atoms with E-state index in [9.17, 15) is 9.90 Å². The first-order valence-corrected chi connectivity index (χ1v) is 8.01. The van der Waals surface area contributed by atoms with Gasteiger partial charge in [0.25, 0.3) is 5.91 Å². The van der Waals surface area contributed by atoms with E-state index < -0.39 is 6.10 Å². The van der Waals surface area contributed by atoms with Crippen molar-refractivity contribution in [1.82, 2.24) is 5.32 Å². The Bertz CT molecular complexity index is 757. The van der Waals surface area contributed by atoms with Crippen molar-refractivity contribution >= 4 is 28.2 Å². The number of rotatable bonds is 5. The summed E-state index contributed by atoms with van der Waals surface area (Å²) >= 11 is 1.42. The van der Waals surface area contributed by atoms with Crippen LogP contribution >= 0.6 is 11.3 Å². The van der Waals surface area contributed by atoms with Gasteiger partial charge in [-0.1, -0.05) is 18.2 Å². The number of thiophene rings is 1. The molecule has 3 aromatic rings. The maximum absolute atomic E-state index is 11.9. The zero-order valence-corrected chi connectivity index (χ0v) is 13.0. The van der Waals surface area contributed by atoms with Crippen molar-refractivity contribution < 1.29 is 14.3 Å². The van der Waals surface area contributed by atoms with E-state index in [1.54, 1.807) is 0 Å². The maximum atomic E-state index is 11.9. The molecule has 0 radical (unpaired) electrons. The predicted molar refractivity (Wildman–Crippen MR) is 87.2 cm³/mol. The highest BCUT2D eigenvalue weighted by Crippen LogP contribution is 2.25. The predicted octanol–water partition coefficient (Wildman–Crippen LogP) is 3.66. The van der Waals surface area contributed by atoms with Crippen molar-refractivity contribution in [2.24, 2.45) is 0 Å². The fourth-order valence-corrected chi connectivity index (χ4v) is 3.08.